The number of pyridine rings is 2. The number of rotatable bonds is 15. The van der Waals surface area contributed by atoms with E-state index in [0.717, 1.165) is 69.2 Å². The van der Waals surface area contributed by atoms with Gasteiger partial charge in [0.15, 0.2) is 10.3 Å². The summed E-state index contributed by atoms with van der Waals surface area (Å²) in [6, 6.07) is 31.6. The average Bonchev–Trinajstić information content (AvgIpc) is 4.22. The van der Waals surface area contributed by atoms with Crippen molar-refractivity contribution in [2.24, 2.45) is 0 Å². The number of para-hydroxylation sites is 2. The van der Waals surface area contributed by atoms with Crippen LogP contribution in [0.3, 0.4) is 0 Å². The van der Waals surface area contributed by atoms with Crippen molar-refractivity contribution >= 4 is 90.0 Å². The Bertz CT molecular complexity index is 3510. The highest BCUT2D eigenvalue weighted by Gasteiger charge is 2.16. The molecular weight excluding hydrogens is 975 g/mol. The molecule has 0 aliphatic heterocycles. The summed E-state index contributed by atoms with van der Waals surface area (Å²) in [7, 11) is 8.18. The Morgan fingerprint density at radius 3 is 1.70 bits per heavy atom. The van der Waals surface area contributed by atoms with E-state index in [1.165, 1.54) is 58.1 Å². The molecule has 0 fully saturated rings. The number of hydrogen-bond acceptors (Lipinski definition) is 14. The number of carbonyl (C=O) groups is 1. The summed E-state index contributed by atoms with van der Waals surface area (Å²) in [5.41, 5.74) is 23.4. The number of fused-ring (bicyclic) bond motifs is 2. The molecule has 378 valence electrons. The predicted octanol–water partition coefficient (Wildman–Crippen LogP) is 12.3. The number of nitrogens with one attached hydrogen (secondary N) is 4. The van der Waals surface area contributed by atoms with Crippen LogP contribution < -0.4 is 32.7 Å². The zero-order valence-electron chi connectivity index (χ0n) is 41.7. The monoisotopic (exact) mass is 1030 g/mol. The van der Waals surface area contributed by atoms with E-state index in [1.807, 2.05) is 92.0 Å². The first-order valence-corrected chi connectivity index (χ1v) is 25.2. The molecule has 6 heterocycles. The van der Waals surface area contributed by atoms with Crippen LogP contribution in [0.25, 0.3) is 39.8 Å². The van der Waals surface area contributed by atoms with Crippen LogP contribution in [0.1, 0.15) is 40.9 Å². The van der Waals surface area contributed by atoms with E-state index >= 15 is 0 Å². The molecule has 15 nitrogen and oxygen atoms in total. The molecule has 10 rings (SSSR count). The van der Waals surface area contributed by atoms with Crippen molar-refractivity contribution < 1.29 is 13.6 Å². The summed E-state index contributed by atoms with van der Waals surface area (Å²) < 4.78 is 32.2. The molecule has 74 heavy (non-hydrogen) atoms. The maximum atomic E-state index is 14.1. The molecule has 0 unspecified atom stereocenters. The number of nitrogens with two attached hydrogens (primary N) is 2. The second kappa shape index (κ2) is 23.4. The largest absolute Gasteiger partial charge is 0.397 e. The van der Waals surface area contributed by atoms with Crippen LogP contribution in [0.4, 0.5) is 53.2 Å². The highest BCUT2D eigenvalue weighted by Crippen LogP contribution is 2.32. The maximum absolute atomic E-state index is 14.1. The van der Waals surface area contributed by atoms with Crippen LogP contribution in [0, 0.1) is 11.6 Å². The molecule has 10 aromatic rings. The van der Waals surface area contributed by atoms with Gasteiger partial charge in [0, 0.05) is 58.9 Å². The highest BCUT2D eigenvalue weighted by atomic mass is 32.1. The van der Waals surface area contributed by atoms with Crippen molar-refractivity contribution in [1.82, 2.24) is 38.5 Å². The fourth-order valence-electron chi connectivity index (χ4n) is 7.71. The number of halogens is 2. The molecule has 0 bridgehead atoms. The Balaban J connectivity index is 0.000000191. The number of amides is 1. The molecule has 6 aromatic heterocycles. The van der Waals surface area contributed by atoms with Gasteiger partial charge in [0.2, 0.25) is 0 Å². The van der Waals surface area contributed by atoms with Crippen LogP contribution in [0.5, 0.6) is 0 Å². The summed E-state index contributed by atoms with van der Waals surface area (Å²) in [6.07, 6.45) is 7.80. The third-order valence-electron chi connectivity index (χ3n) is 11.2. The van der Waals surface area contributed by atoms with E-state index < -0.39 is 17.5 Å². The number of carbonyl (C=O) groups excluding carboxylic acids is 1. The van der Waals surface area contributed by atoms with Crippen molar-refractivity contribution in [3.05, 3.63) is 185 Å². The maximum Gasteiger partial charge on any atom is 0.255 e. The number of benzene rings is 4. The number of imidazole rings is 2. The Morgan fingerprint density at radius 1 is 0.635 bits per heavy atom. The van der Waals surface area contributed by atoms with E-state index in [-0.39, 0.29) is 17.1 Å². The van der Waals surface area contributed by atoms with Gasteiger partial charge in [0.1, 0.15) is 40.0 Å². The number of thiazole rings is 2. The molecular formula is C55H56F2N14OS2. The normalized spacial score (nSPS) is 11.0. The van der Waals surface area contributed by atoms with Crippen LogP contribution in [-0.2, 0) is 13.1 Å². The van der Waals surface area contributed by atoms with Gasteiger partial charge in [-0.3, -0.25) is 13.6 Å². The van der Waals surface area contributed by atoms with E-state index in [4.69, 9.17) is 21.4 Å². The second-order valence-corrected chi connectivity index (χ2v) is 19.0. The Hall–Kier alpha value is -8.49. The molecule has 4 aromatic carbocycles. The van der Waals surface area contributed by atoms with E-state index in [9.17, 15) is 13.6 Å². The fourth-order valence-corrected chi connectivity index (χ4v) is 9.16. The quantitative estimate of drug-likeness (QED) is 0.0535. The van der Waals surface area contributed by atoms with Crippen molar-refractivity contribution in [3.8, 4) is 22.8 Å². The van der Waals surface area contributed by atoms with Crippen molar-refractivity contribution in [1.29, 1.82) is 0 Å². The van der Waals surface area contributed by atoms with Gasteiger partial charge in [-0.15, -0.1) is 22.7 Å². The SMILES string of the molecule is C=C(Nc1c(N)cccc1F)c1ccc(Nc2nc(-c3cnc4ccc(CN(C)C)cn34)cs2)cc1.CC.CN(C)Cc1ccn2c(-c3csc(Nc4ccc(C(=O)Nc5c(N)cccc5F)cc4)n3)cnc2c1. The van der Waals surface area contributed by atoms with Crippen LogP contribution >= 0.6 is 22.7 Å². The second-order valence-electron chi connectivity index (χ2n) is 17.2. The molecule has 0 aliphatic rings. The van der Waals surface area contributed by atoms with Crippen molar-refractivity contribution in [2.75, 3.05) is 60.9 Å². The summed E-state index contributed by atoms with van der Waals surface area (Å²) >= 11 is 3.00. The van der Waals surface area contributed by atoms with Gasteiger partial charge in [0.25, 0.3) is 5.91 Å². The summed E-state index contributed by atoms with van der Waals surface area (Å²) in [5.74, 6) is -1.45. The molecule has 0 spiro atoms. The minimum atomic E-state index is -0.582. The first-order valence-electron chi connectivity index (χ1n) is 23.5. The number of nitrogen functional groups attached to an aromatic ring is 2. The van der Waals surface area contributed by atoms with Gasteiger partial charge in [-0.2, -0.15) is 0 Å². The van der Waals surface area contributed by atoms with Gasteiger partial charge in [-0.05, 0) is 124 Å². The minimum absolute atomic E-state index is 0.0265. The fraction of sp³-hybridized carbons (Fsp3) is 0.145. The zero-order chi connectivity index (χ0) is 52.5. The van der Waals surface area contributed by atoms with Crippen LogP contribution in [-0.4, -0.2) is 72.6 Å². The lowest BCUT2D eigenvalue weighted by molar-refractivity contribution is 0.102. The van der Waals surface area contributed by atoms with Crippen LogP contribution in [0.2, 0.25) is 0 Å². The summed E-state index contributed by atoms with van der Waals surface area (Å²) in [6.45, 7) is 9.72. The molecule has 0 saturated carbocycles. The van der Waals surface area contributed by atoms with E-state index in [1.54, 1.807) is 36.4 Å². The topological polar surface area (TPSA) is 184 Å². The molecule has 0 atom stereocenters. The standard InChI is InChI=1S/C27H26FN7S.C26H24FN7OS.C2H6/c1-17(31-26-21(28)5-4-6-22(26)29)19-8-10-20(11-9-19)32-27-33-23(16-36-27)24-13-30-25-12-7-18(14-34(2)3)15-35(24)25;1-33(2)14-16-10-11-34-22(13-29-23(34)12-16)21-15-36-26(31-21)30-18-8-6-17(7-9-18)25(35)32-24-19(27)4-3-5-20(24)28;1-2/h4-13,15-16,31H,1,14,29H2,2-3H3,(H,32,33);3-13,15H,14,28H2,1-2H3,(H,30,31)(H,32,35);1-2H3. The average molecular weight is 1030 g/mol. The highest BCUT2D eigenvalue weighted by molar-refractivity contribution is 7.14. The van der Waals surface area contributed by atoms with Crippen LogP contribution in [0.15, 0.2) is 151 Å². The molecule has 1 amide bonds. The van der Waals surface area contributed by atoms with E-state index in [2.05, 4.69) is 90.5 Å². The van der Waals surface area contributed by atoms with Gasteiger partial charge in [0.05, 0.1) is 40.8 Å². The van der Waals surface area contributed by atoms with Gasteiger partial charge >= 0.3 is 0 Å². The number of nitrogens with zero attached hydrogens (tertiary/aromatic N) is 8. The lowest BCUT2D eigenvalue weighted by Gasteiger charge is -2.13. The first-order chi connectivity index (χ1) is 35.7. The van der Waals surface area contributed by atoms with E-state index in [0.29, 0.717) is 22.1 Å². The number of aromatic nitrogens is 6. The zero-order valence-corrected chi connectivity index (χ0v) is 43.3. The Labute approximate surface area is 435 Å². The predicted molar refractivity (Wildman–Crippen MR) is 300 cm³/mol. The van der Waals surface area contributed by atoms with Gasteiger partial charge in [-0.25, -0.2) is 28.7 Å². The van der Waals surface area contributed by atoms with Gasteiger partial charge < -0.3 is 42.5 Å². The molecule has 0 saturated heterocycles. The third-order valence-corrected chi connectivity index (χ3v) is 12.7. The molecule has 19 heteroatoms. The lowest BCUT2D eigenvalue weighted by atomic mass is 10.1. The summed E-state index contributed by atoms with van der Waals surface area (Å²) in [5, 5.41) is 17.6. The van der Waals surface area contributed by atoms with Gasteiger partial charge in [-0.1, -0.05) is 50.8 Å². The molecule has 0 radical (unpaired) electrons. The molecule has 8 N–H and O–H groups in total. The smallest absolute Gasteiger partial charge is 0.255 e. The van der Waals surface area contributed by atoms with Crippen molar-refractivity contribution in [3.63, 3.8) is 0 Å². The third kappa shape index (κ3) is 12.4. The number of anilines is 8. The lowest BCUT2D eigenvalue weighted by Crippen LogP contribution is -2.14. The Morgan fingerprint density at radius 2 is 1.15 bits per heavy atom. The van der Waals surface area contributed by atoms with Crippen molar-refractivity contribution in [2.45, 2.75) is 26.9 Å². The molecule has 0 aliphatic carbocycles. The summed E-state index contributed by atoms with van der Waals surface area (Å²) in [4.78, 5) is 35.3. The minimum Gasteiger partial charge on any atom is -0.397 e. The Kier molecular flexibility index (Phi) is 16.4. The number of hydrogen-bond donors (Lipinski definition) is 6. The first kappa shape index (κ1) is 51.9.